The summed E-state index contributed by atoms with van der Waals surface area (Å²) in [5.74, 6) is 0.0648. The molecule has 0 saturated heterocycles. The van der Waals surface area contributed by atoms with Crippen molar-refractivity contribution in [3.05, 3.63) is 12.2 Å². The van der Waals surface area contributed by atoms with Crippen molar-refractivity contribution in [3.63, 3.8) is 0 Å². The molecule has 0 aromatic heterocycles. The van der Waals surface area contributed by atoms with Gasteiger partial charge in [0, 0.05) is 0 Å². The molecule has 0 bridgehead atoms. The molecule has 1 nitrogen and oxygen atoms in total. The van der Waals surface area contributed by atoms with E-state index in [4.69, 9.17) is 0 Å². The summed E-state index contributed by atoms with van der Waals surface area (Å²) < 4.78 is 0. The van der Waals surface area contributed by atoms with Crippen LogP contribution in [-0.2, 0) is 4.79 Å². The molecule has 0 spiro atoms. The second kappa shape index (κ2) is 6.41. The minimum Gasteiger partial charge on any atom is -0.295 e. The zero-order chi connectivity index (χ0) is 5.15. The third-order valence-electron chi connectivity index (χ3n) is 0.601. The van der Waals surface area contributed by atoms with Gasteiger partial charge in [0.05, 0.1) is 0 Å². The lowest BCUT2D eigenvalue weighted by molar-refractivity contribution is -0.113. The van der Waals surface area contributed by atoms with Crippen LogP contribution >= 0.6 is 0 Å². The second-order valence-corrected chi connectivity index (χ2v) is 1.34. The highest BCUT2D eigenvalue weighted by atomic mass is 16.1. The maximum atomic E-state index is 10.0. The maximum Gasteiger partial charge on any atom is 0.154 e. The van der Waals surface area contributed by atoms with Gasteiger partial charge in [-0.1, -0.05) is 21.4 Å². The van der Waals surface area contributed by atoms with Crippen molar-refractivity contribution in [2.24, 2.45) is 0 Å². The Morgan fingerprint density at radius 2 is 1.38 bits per heavy atom. The van der Waals surface area contributed by atoms with E-state index in [2.05, 4.69) is 6.58 Å². The first-order chi connectivity index (χ1) is 2.64. The summed E-state index contributed by atoms with van der Waals surface area (Å²) in [5, 5.41) is 0. The Morgan fingerprint density at radius 3 is 1.38 bits per heavy atom. The minimum atomic E-state index is 0. The molecule has 0 radical (unpaired) electrons. The largest absolute Gasteiger partial charge is 0.295 e. The van der Waals surface area contributed by atoms with Gasteiger partial charge in [-0.15, -0.1) is 0 Å². The van der Waals surface area contributed by atoms with Gasteiger partial charge >= 0.3 is 0 Å². The summed E-state index contributed by atoms with van der Waals surface area (Å²) in [6, 6.07) is 0. The van der Waals surface area contributed by atoms with Gasteiger partial charge in [0.25, 0.3) is 0 Å². The van der Waals surface area contributed by atoms with Gasteiger partial charge in [-0.25, -0.2) is 0 Å². The Morgan fingerprint density at radius 1 is 1.25 bits per heavy atom. The number of carbonyl (C=O) groups is 1. The molecule has 50 valence electrons. The molecule has 0 fully saturated rings. The first-order valence-electron chi connectivity index (χ1n) is 1.81. The van der Waals surface area contributed by atoms with Gasteiger partial charge in [-0.2, -0.15) is 0 Å². The van der Waals surface area contributed by atoms with E-state index in [9.17, 15) is 4.79 Å². The van der Waals surface area contributed by atoms with Crippen LogP contribution in [0.1, 0.15) is 28.7 Å². The van der Waals surface area contributed by atoms with Crippen LogP contribution in [0.4, 0.5) is 0 Å². The monoisotopic (exact) mass is 116 g/mol. The Hall–Kier alpha value is -0.590. The molecule has 0 aliphatic rings. The number of rotatable bonds is 1. The predicted octanol–water partition coefficient (Wildman–Crippen LogP) is 2.42. The Bertz CT molecular complexity index is 70.4. The number of ketones is 1. The second-order valence-electron chi connectivity index (χ2n) is 1.34. The molecule has 1 heteroatoms. The number of carbonyl (C=O) groups excluding carboxylic acids is 1. The quantitative estimate of drug-likeness (QED) is 0.481. The average molecular weight is 116 g/mol. The maximum absolute atomic E-state index is 10.0. The fraction of sp³-hybridized carbons (Fsp3) is 0.571. The van der Waals surface area contributed by atoms with Crippen LogP contribution in [0.5, 0.6) is 0 Å². The Kier molecular flexibility index (Phi) is 12.5. The molecule has 0 aromatic rings. The lowest BCUT2D eigenvalue weighted by atomic mass is 10.3. The van der Waals surface area contributed by atoms with Crippen LogP contribution in [0.25, 0.3) is 0 Å². The van der Waals surface area contributed by atoms with E-state index in [1.807, 2.05) is 0 Å². The fourth-order valence-electron chi connectivity index (χ4n) is 0. The topological polar surface area (TPSA) is 17.1 Å². The SMILES string of the molecule is C.C.C=C(C)C(C)=O. The standard InChI is InChI=1S/C5H8O.2CH4/c1-4(2)5(3)6;;/h1H2,2-3H3;2*1H4. The summed E-state index contributed by atoms with van der Waals surface area (Å²) in [5.41, 5.74) is 0.620. The lowest BCUT2D eigenvalue weighted by Crippen LogP contribution is -1.86. The minimum absolute atomic E-state index is 0. The lowest BCUT2D eigenvalue weighted by Gasteiger charge is -1.80. The highest BCUT2D eigenvalue weighted by Crippen LogP contribution is 1.84. The number of allylic oxidation sites excluding steroid dienone is 1. The van der Waals surface area contributed by atoms with E-state index in [1.165, 1.54) is 6.92 Å². The fourth-order valence-corrected chi connectivity index (χ4v) is 0. The summed E-state index contributed by atoms with van der Waals surface area (Å²) in [4.78, 5) is 10.0. The van der Waals surface area contributed by atoms with E-state index in [0.29, 0.717) is 5.57 Å². The van der Waals surface area contributed by atoms with Crippen molar-refractivity contribution in [2.45, 2.75) is 28.7 Å². The Balaban J connectivity index is -0.000000125. The number of hydrogen-bond donors (Lipinski definition) is 0. The molecule has 0 rings (SSSR count). The highest BCUT2D eigenvalue weighted by molar-refractivity contribution is 5.91. The predicted molar refractivity (Wildman–Crippen MR) is 39.0 cm³/mol. The summed E-state index contributed by atoms with van der Waals surface area (Å²) in [6.45, 7) is 6.60. The Labute approximate surface area is 52.4 Å². The number of Topliss-reactive ketones (excluding diaryl/α,β-unsaturated/α-hetero) is 1. The normalized spacial score (nSPS) is 5.75. The van der Waals surface area contributed by atoms with Gasteiger partial charge < -0.3 is 0 Å². The van der Waals surface area contributed by atoms with Crippen LogP contribution in [0.15, 0.2) is 12.2 Å². The van der Waals surface area contributed by atoms with Gasteiger partial charge in [-0.05, 0) is 19.4 Å². The van der Waals surface area contributed by atoms with Crippen LogP contribution in [-0.4, -0.2) is 5.78 Å². The molecule has 0 aliphatic carbocycles. The van der Waals surface area contributed by atoms with E-state index in [-0.39, 0.29) is 20.6 Å². The average Bonchev–Trinajstić information content (AvgIpc) is 1.36. The third-order valence-corrected chi connectivity index (χ3v) is 0.601. The zero-order valence-corrected chi connectivity index (χ0v) is 4.12. The van der Waals surface area contributed by atoms with Crippen LogP contribution < -0.4 is 0 Å². The molecular weight excluding hydrogens is 100 g/mol. The van der Waals surface area contributed by atoms with Gasteiger partial charge in [-0.3, -0.25) is 4.79 Å². The van der Waals surface area contributed by atoms with Crippen molar-refractivity contribution in [1.29, 1.82) is 0 Å². The van der Waals surface area contributed by atoms with Crippen LogP contribution in [0.2, 0.25) is 0 Å². The number of hydrogen-bond acceptors (Lipinski definition) is 1. The smallest absolute Gasteiger partial charge is 0.154 e. The van der Waals surface area contributed by atoms with Crippen LogP contribution in [0.3, 0.4) is 0 Å². The third kappa shape index (κ3) is 9.05. The first-order valence-corrected chi connectivity index (χ1v) is 1.81. The van der Waals surface area contributed by atoms with E-state index in [0.717, 1.165) is 0 Å². The zero-order valence-electron chi connectivity index (χ0n) is 4.12. The molecule has 0 N–H and O–H groups in total. The summed E-state index contributed by atoms with van der Waals surface area (Å²) >= 11 is 0. The molecule has 0 aliphatic heterocycles. The molecule has 0 aromatic carbocycles. The molecule has 0 amide bonds. The van der Waals surface area contributed by atoms with E-state index < -0.39 is 0 Å². The van der Waals surface area contributed by atoms with Crippen LogP contribution in [0, 0.1) is 0 Å². The van der Waals surface area contributed by atoms with Crippen molar-refractivity contribution in [1.82, 2.24) is 0 Å². The van der Waals surface area contributed by atoms with E-state index in [1.54, 1.807) is 6.92 Å². The molecule has 8 heavy (non-hydrogen) atoms. The summed E-state index contributed by atoms with van der Waals surface area (Å²) in [6.07, 6.45) is 0. The van der Waals surface area contributed by atoms with Gasteiger partial charge in [0.1, 0.15) is 0 Å². The van der Waals surface area contributed by atoms with Crippen molar-refractivity contribution < 1.29 is 4.79 Å². The first kappa shape index (κ1) is 15.7. The molecule has 0 unspecified atom stereocenters. The molecule has 0 heterocycles. The van der Waals surface area contributed by atoms with E-state index >= 15 is 0 Å². The summed E-state index contributed by atoms with van der Waals surface area (Å²) in [7, 11) is 0. The molecule has 0 atom stereocenters. The molecular formula is C7H16O. The van der Waals surface area contributed by atoms with Crippen molar-refractivity contribution >= 4 is 5.78 Å². The van der Waals surface area contributed by atoms with Crippen molar-refractivity contribution in [2.75, 3.05) is 0 Å². The van der Waals surface area contributed by atoms with Gasteiger partial charge in [0.2, 0.25) is 0 Å². The molecule has 0 saturated carbocycles. The van der Waals surface area contributed by atoms with Crippen molar-refractivity contribution in [3.8, 4) is 0 Å². The highest BCUT2D eigenvalue weighted by Gasteiger charge is 1.85. The van der Waals surface area contributed by atoms with Gasteiger partial charge in [0.15, 0.2) is 5.78 Å².